The highest BCUT2D eigenvalue weighted by Crippen LogP contribution is 2.30. The summed E-state index contributed by atoms with van der Waals surface area (Å²) in [6, 6.07) is 8.73. The number of rotatable bonds is 2. The molecule has 0 spiro atoms. The number of fused-ring (bicyclic) bond motifs is 1. The number of carbonyl (C=O) groups excluding carboxylic acids is 2. The van der Waals surface area contributed by atoms with Crippen molar-refractivity contribution < 1.29 is 18.7 Å². The Morgan fingerprint density at radius 3 is 2.83 bits per heavy atom. The molecule has 2 heterocycles. The first-order valence-corrected chi connectivity index (χ1v) is 7.16. The molecule has 118 valence electrons. The third-order valence-electron chi connectivity index (χ3n) is 3.97. The van der Waals surface area contributed by atoms with E-state index in [1.165, 1.54) is 24.3 Å². The number of hydrogen-bond donors (Lipinski definition) is 0. The average molecular weight is 314 g/mol. The number of methoxy groups -OCH3 is 1. The van der Waals surface area contributed by atoms with E-state index in [9.17, 15) is 14.0 Å². The Bertz CT molecular complexity index is 763. The van der Waals surface area contributed by atoms with E-state index in [0.717, 1.165) is 17.3 Å². The molecule has 1 unspecified atom stereocenters. The van der Waals surface area contributed by atoms with Crippen LogP contribution < -0.4 is 0 Å². The van der Waals surface area contributed by atoms with E-state index in [2.05, 4.69) is 4.98 Å². The second-order valence-electron chi connectivity index (χ2n) is 5.32. The molecule has 5 nitrogen and oxygen atoms in total. The van der Waals surface area contributed by atoms with Crippen molar-refractivity contribution in [1.29, 1.82) is 0 Å². The van der Waals surface area contributed by atoms with Crippen LogP contribution in [0.4, 0.5) is 4.39 Å². The first-order valence-electron chi connectivity index (χ1n) is 7.16. The Morgan fingerprint density at radius 2 is 2.09 bits per heavy atom. The van der Waals surface area contributed by atoms with Gasteiger partial charge in [0.1, 0.15) is 0 Å². The molecule has 23 heavy (non-hydrogen) atoms. The standard InChI is InChI=1S/C17H15FN2O3/c1-23-17(22)14-10-20(9-11-4-2-3-5-12(11)14)16(21)13-6-7-19-8-15(13)18/h2-8,14H,9-10H2,1H3. The zero-order chi connectivity index (χ0) is 16.4. The van der Waals surface area contributed by atoms with E-state index in [1.807, 2.05) is 24.3 Å². The molecule has 1 amide bonds. The highest BCUT2D eigenvalue weighted by molar-refractivity contribution is 5.95. The summed E-state index contributed by atoms with van der Waals surface area (Å²) < 4.78 is 18.7. The number of benzene rings is 1. The molecule has 0 saturated heterocycles. The van der Waals surface area contributed by atoms with Gasteiger partial charge in [0, 0.05) is 19.3 Å². The number of halogens is 1. The lowest BCUT2D eigenvalue weighted by Crippen LogP contribution is -2.41. The summed E-state index contributed by atoms with van der Waals surface area (Å²) in [5.74, 6) is -2.12. The van der Waals surface area contributed by atoms with E-state index in [1.54, 1.807) is 0 Å². The van der Waals surface area contributed by atoms with Crippen LogP contribution in [-0.2, 0) is 16.1 Å². The minimum atomic E-state index is -0.675. The fourth-order valence-electron chi connectivity index (χ4n) is 2.82. The maximum atomic E-state index is 13.8. The quantitative estimate of drug-likeness (QED) is 0.797. The predicted molar refractivity (Wildman–Crippen MR) is 80.1 cm³/mol. The maximum absolute atomic E-state index is 13.8. The highest BCUT2D eigenvalue weighted by Gasteiger charge is 2.34. The van der Waals surface area contributed by atoms with Gasteiger partial charge in [-0.3, -0.25) is 14.6 Å². The van der Waals surface area contributed by atoms with Gasteiger partial charge in [-0.25, -0.2) is 4.39 Å². The first-order chi connectivity index (χ1) is 11.1. The van der Waals surface area contributed by atoms with E-state index < -0.39 is 23.6 Å². The molecule has 0 fully saturated rings. The number of nitrogens with zero attached hydrogens (tertiary/aromatic N) is 2. The lowest BCUT2D eigenvalue weighted by molar-refractivity contribution is -0.143. The van der Waals surface area contributed by atoms with Crippen LogP contribution in [0.5, 0.6) is 0 Å². The second kappa shape index (κ2) is 6.16. The summed E-state index contributed by atoms with van der Waals surface area (Å²) in [5, 5.41) is 0. The van der Waals surface area contributed by atoms with Gasteiger partial charge in [0.05, 0.1) is 24.8 Å². The van der Waals surface area contributed by atoms with Crippen LogP contribution in [0, 0.1) is 5.82 Å². The summed E-state index contributed by atoms with van der Waals surface area (Å²) in [5.41, 5.74) is 1.65. The van der Waals surface area contributed by atoms with Gasteiger partial charge in [0.2, 0.25) is 0 Å². The largest absolute Gasteiger partial charge is 0.468 e. The smallest absolute Gasteiger partial charge is 0.314 e. The Morgan fingerprint density at radius 1 is 1.30 bits per heavy atom. The molecule has 0 radical (unpaired) electrons. The van der Waals surface area contributed by atoms with E-state index >= 15 is 0 Å². The van der Waals surface area contributed by atoms with Crippen LogP contribution >= 0.6 is 0 Å². The number of pyridine rings is 1. The van der Waals surface area contributed by atoms with E-state index in [0.29, 0.717) is 6.54 Å². The van der Waals surface area contributed by atoms with E-state index in [-0.39, 0.29) is 12.1 Å². The third kappa shape index (κ3) is 2.79. The molecule has 1 aliphatic rings. The number of carbonyl (C=O) groups is 2. The Kier molecular flexibility index (Phi) is 4.06. The zero-order valence-corrected chi connectivity index (χ0v) is 12.5. The van der Waals surface area contributed by atoms with Crippen molar-refractivity contribution in [2.75, 3.05) is 13.7 Å². The van der Waals surface area contributed by atoms with Crippen LogP contribution in [0.2, 0.25) is 0 Å². The summed E-state index contributed by atoms with van der Waals surface area (Å²) in [6.45, 7) is 0.481. The van der Waals surface area contributed by atoms with Gasteiger partial charge in [0.25, 0.3) is 5.91 Å². The molecular weight excluding hydrogens is 299 g/mol. The van der Waals surface area contributed by atoms with Crippen molar-refractivity contribution in [3.63, 3.8) is 0 Å². The number of ether oxygens (including phenoxy) is 1. The lowest BCUT2D eigenvalue weighted by atomic mass is 9.89. The molecule has 1 aromatic heterocycles. The van der Waals surface area contributed by atoms with Crippen molar-refractivity contribution >= 4 is 11.9 Å². The summed E-state index contributed by atoms with van der Waals surface area (Å²) in [4.78, 5) is 29.8. The second-order valence-corrected chi connectivity index (χ2v) is 5.32. The van der Waals surface area contributed by atoms with Crippen molar-refractivity contribution in [3.05, 3.63) is 65.2 Å². The summed E-state index contributed by atoms with van der Waals surface area (Å²) >= 11 is 0. The van der Waals surface area contributed by atoms with Gasteiger partial charge in [-0.1, -0.05) is 24.3 Å². The molecule has 0 aliphatic carbocycles. The van der Waals surface area contributed by atoms with Crippen molar-refractivity contribution in [3.8, 4) is 0 Å². The number of hydrogen-bond acceptors (Lipinski definition) is 4. The predicted octanol–water partition coefficient (Wildman–Crippen LogP) is 2.13. The Hall–Kier alpha value is -2.76. The van der Waals surface area contributed by atoms with Gasteiger partial charge in [0.15, 0.2) is 5.82 Å². The Balaban J connectivity index is 1.96. The normalized spacial score (nSPS) is 16.6. The van der Waals surface area contributed by atoms with Gasteiger partial charge in [-0.05, 0) is 17.2 Å². The number of esters is 1. The van der Waals surface area contributed by atoms with Gasteiger partial charge in [-0.15, -0.1) is 0 Å². The maximum Gasteiger partial charge on any atom is 0.314 e. The minimum Gasteiger partial charge on any atom is -0.468 e. The topological polar surface area (TPSA) is 59.5 Å². The first kappa shape index (κ1) is 15.1. The van der Waals surface area contributed by atoms with E-state index in [4.69, 9.17) is 4.74 Å². The highest BCUT2D eigenvalue weighted by atomic mass is 19.1. The molecule has 6 heteroatoms. The van der Waals surface area contributed by atoms with Crippen LogP contribution in [0.1, 0.15) is 27.4 Å². The fourth-order valence-corrected chi connectivity index (χ4v) is 2.82. The molecule has 3 rings (SSSR count). The van der Waals surface area contributed by atoms with Crippen molar-refractivity contribution in [2.45, 2.75) is 12.5 Å². The summed E-state index contributed by atoms with van der Waals surface area (Å²) in [7, 11) is 1.31. The SMILES string of the molecule is COC(=O)C1CN(C(=O)c2ccncc2F)Cc2ccccc21. The van der Waals surface area contributed by atoms with Crippen molar-refractivity contribution in [1.82, 2.24) is 9.88 Å². The molecule has 0 bridgehead atoms. The van der Waals surface area contributed by atoms with Crippen LogP contribution in [0.15, 0.2) is 42.7 Å². The molecular formula is C17H15FN2O3. The average Bonchev–Trinajstić information content (AvgIpc) is 2.60. The van der Waals surface area contributed by atoms with Gasteiger partial charge < -0.3 is 9.64 Å². The molecule has 0 N–H and O–H groups in total. The minimum absolute atomic E-state index is 0.0528. The zero-order valence-electron chi connectivity index (χ0n) is 12.5. The molecule has 2 aromatic rings. The molecule has 1 aromatic carbocycles. The van der Waals surface area contributed by atoms with Gasteiger partial charge in [-0.2, -0.15) is 0 Å². The van der Waals surface area contributed by atoms with Crippen LogP contribution in [0.3, 0.4) is 0 Å². The van der Waals surface area contributed by atoms with Crippen LogP contribution in [0.25, 0.3) is 0 Å². The fraction of sp³-hybridized carbons (Fsp3) is 0.235. The monoisotopic (exact) mass is 314 g/mol. The number of aromatic nitrogens is 1. The molecule has 0 saturated carbocycles. The third-order valence-corrected chi connectivity index (χ3v) is 3.97. The van der Waals surface area contributed by atoms with Gasteiger partial charge >= 0.3 is 5.97 Å². The number of amides is 1. The Labute approximate surface area is 132 Å². The van der Waals surface area contributed by atoms with Crippen molar-refractivity contribution in [2.24, 2.45) is 0 Å². The lowest BCUT2D eigenvalue weighted by Gasteiger charge is -2.33. The molecule has 1 aliphatic heterocycles. The molecule has 1 atom stereocenters. The van der Waals surface area contributed by atoms with Crippen LogP contribution in [-0.4, -0.2) is 35.4 Å². The summed E-state index contributed by atoms with van der Waals surface area (Å²) in [6.07, 6.45) is 2.37.